The fraction of sp³-hybridized carbons (Fsp3) is 0.367. The van der Waals surface area contributed by atoms with Gasteiger partial charge in [-0.25, -0.2) is 14.5 Å². The number of nitrogens with zero attached hydrogens (tertiary/aromatic N) is 3. The topological polar surface area (TPSA) is 88.5 Å². The Bertz CT molecular complexity index is 1320. The fourth-order valence-electron chi connectivity index (χ4n) is 4.77. The zero-order chi connectivity index (χ0) is 27.1. The van der Waals surface area contributed by atoms with Crippen molar-refractivity contribution in [1.82, 2.24) is 20.2 Å². The first-order valence-electron chi connectivity index (χ1n) is 13.3. The number of benzene rings is 2. The Morgan fingerprint density at radius 2 is 1.84 bits per heavy atom. The van der Waals surface area contributed by atoms with E-state index in [9.17, 15) is 9.59 Å². The number of carbonyl (C=O) groups is 2. The minimum absolute atomic E-state index is 0.187. The molecule has 1 saturated heterocycles. The van der Waals surface area contributed by atoms with Crippen molar-refractivity contribution < 1.29 is 14.3 Å². The van der Waals surface area contributed by atoms with Gasteiger partial charge in [0.25, 0.3) is 5.91 Å². The highest BCUT2D eigenvalue weighted by Crippen LogP contribution is 2.32. The summed E-state index contributed by atoms with van der Waals surface area (Å²) in [4.78, 5) is 24.9. The van der Waals surface area contributed by atoms with Crippen LogP contribution in [-0.2, 0) is 9.53 Å². The summed E-state index contributed by atoms with van der Waals surface area (Å²) >= 11 is 0. The van der Waals surface area contributed by atoms with E-state index in [1.165, 1.54) is 18.1 Å². The normalized spacial score (nSPS) is 14.0. The lowest BCUT2D eigenvalue weighted by molar-refractivity contribution is -0.137. The molecule has 1 aromatic heterocycles. The van der Waals surface area contributed by atoms with Gasteiger partial charge in [-0.1, -0.05) is 42.3 Å². The number of aryl methyl sites for hydroxylation is 2. The van der Waals surface area contributed by atoms with Gasteiger partial charge in [0.05, 0.1) is 18.0 Å². The van der Waals surface area contributed by atoms with Gasteiger partial charge >= 0.3 is 5.97 Å². The third-order valence-electron chi connectivity index (χ3n) is 6.63. The molecule has 3 aromatic rings. The quantitative estimate of drug-likeness (QED) is 0.304. The number of aromatic nitrogens is 2. The Morgan fingerprint density at radius 3 is 2.58 bits per heavy atom. The lowest BCUT2D eigenvalue weighted by Crippen LogP contribution is -2.45. The van der Waals surface area contributed by atoms with Crippen molar-refractivity contribution in [3.05, 3.63) is 77.0 Å². The predicted molar refractivity (Wildman–Crippen MR) is 150 cm³/mol. The van der Waals surface area contributed by atoms with Gasteiger partial charge in [0.1, 0.15) is 0 Å². The van der Waals surface area contributed by atoms with Gasteiger partial charge in [0, 0.05) is 42.5 Å². The van der Waals surface area contributed by atoms with Crippen molar-refractivity contribution in [3.8, 4) is 16.9 Å². The maximum absolute atomic E-state index is 13.4. The Kier molecular flexibility index (Phi) is 8.97. The van der Waals surface area contributed by atoms with E-state index >= 15 is 0 Å². The van der Waals surface area contributed by atoms with E-state index in [0.29, 0.717) is 18.8 Å². The lowest BCUT2D eigenvalue weighted by Gasteiger charge is -2.26. The highest BCUT2D eigenvalue weighted by molar-refractivity contribution is 5.95. The van der Waals surface area contributed by atoms with Crippen molar-refractivity contribution in [1.29, 1.82) is 0 Å². The zero-order valence-corrected chi connectivity index (χ0v) is 22.7. The smallest absolute Gasteiger partial charge is 0.330 e. The minimum Gasteiger partial charge on any atom is -0.463 e. The number of anilines is 1. The summed E-state index contributed by atoms with van der Waals surface area (Å²) < 4.78 is 6.81. The molecule has 2 heterocycles. The first-order chi connectivity index (χ1) is 18.4. The van der Waals surface area contributed by atoms with E-state index < -0.39 is 0 Å². The largest absolute Gasteiger partial charge is 0.463 e. The first kappa shape index (κ1) is 27.1. The Hall–Kier alpha value is -3.91. The number of hydrogen-bond acceptors (Lipinski definition) is 6. The van der Waals surface area contributed by atoms with Crippen LogP contribution in [0.2, 0.25) is 0 Å². The number of amides is 1. The molecule has 0 spiro atoms. The van der Waals surface area contributed by atoms with Crippen molar-refractivity contribution >= 4 is 17.6 Å². The van der Waals surface area contributed by atoms with Crippen LogP contribution < -0.4 is 10.7 Å². The molecule has 0 unspecified atom stereocenters. The molecule has 0 aliphatic carbocycles. The van der Waals surface area contributed by atoms with Gasteiger partial charge in [-0.2, -0.15) is 5.10 Å². The van der Waals surface area contributed by atoms with Gasteiger partial charge in [-0.15, -0.1) is 0 Å². The summed E-state index contributed by atoms with van der Waals surface area (Å²) in [7, 11) is 0. The van der Waals surface area contributed by atoms with E-state index in [-0.39, 0.29) is 11.9 Å². The number of esters is 1. The van der Waals surface area contributed by atoms with Crippen LogP contribution in [-0.4, -0.2) is 52.9 Å². The number of carbonyl (C=O) groups excluding carboxylic acids is 2. The molecule has 38 heavy (non-hydrogen) atoms. The summed E-state index contributed by atoms with van der Waals surface area (Å²) in [5.41, 5.74) is 10.2. The van der Waals surface area contributed by atoms with E-state index in [4.69, 9.17) is 9.84 Å². The Morgan fingerprint density at radius 1 is 1.05 bits per heavy atom. The molecule has 1 aliphatic rings. The van der Waals surface area contributed by atoms with Crippen LogP contribution in [0.25, 0.3) is 16.9 Å². The van der Waals surface area contributed by atoms with Crippen LogP contribution in [0.15, 0.2) is 54.6 Å². The molecule has 2 N–H and O–H groups in total. The second-order valence-electron chi connectivity index (χ2n) is 9.63. The molecular weight excluding hydrogens is 478 g/mol. The summed E-state index contributed by atoms with van der Waals surface area (Å²) in [5, 5.41) is 10.2. The molecule has 0 bridgehead atoms. The van der Waals surface area contributed by atoms with E-state index in [0.717, 1.165) is 59.7 Å². The molecule has 0 saturated carbocycles. The molecule has 8 heteroatoms. The van der Waals surface area contributed by atoms with Gasteiger partial charge < -0.3 is 10.1 Å². The Balaban J connectivity index is 1.67. The Labute approximate surface area is 224 Å². The standard InChI is InChI=1S/C30H37N5O3/c1-5-38-27(36)13-10-16-31-25-12-9-11-24(20-25)29-23(4)28(30(37)33-34-17-7-6-8-18-34)32-35(29)26-15-14-21(2)19-22(26)3/h9-15,19-20,31H,5-8,16-18H2,1-4H3,(H,33,37). The summed E-state index contributed by atoms with van der Waals surface area (Å²) in [6, 6.07) is 14.2. The molecule has 0 atom stereocenters. The van der Waals surface area contributed by atoms with Crippen LogP contribution >= 0.6 is 0 Å². The van der Waals surface area contributed by atoms with Crippen LogP contribution in [0.4, 0.5) is 5.69 Å². The number of hydrogen-bond donors (Lipinski definition) is 2. The van der Waals surface area contributed by atoms with Crippen molar-refractivity contribution in [2.75, 3.05) is 31.6 Å². The van der Waals surface area contributed by atoms with Gasteiger partial charge in [-0.05, 0) is 64.3 Å². The second kappa shape index (κ2) is 12.6. The molecule has 1 aliphatic heterocycles. The van der Waals surface area contributed by atoms with Gasteiger partial charge in [0.2, 0.25) is 0 Å². The highest BCUT2D eigenvalue weighted by atomic mass is 16.5. The monoisotopic (exact) mass is 515 g/mol. The third-order valence-corrected chi connectivity index (χ3v) is 6.63. The fourth-order valence-corrected chi connectivity index (χ4v) is 4.77. The summed E-state index contributed by atoms with van der Waals surface area (Å²) in [5.74, 6) is -0.543. The van der Waals surface area contributed by atoms with Crippen LogP contribution in [0.5, 0.6) is 0 Å². The SMILES string of the molecule is CCOC(=O)C=CCNc1cccc(-c2c(C)c(C(=O)NN3CCCCC3)nn2-c2ccc(C)cc2C)c1. The van der Waals surface area contributed by atoms with Crippen molar-refractivity contribution in [3.63, 3.8) is 0 Å². The predicted octanol–water partition coefficient (Wildman–Crippen LogP) is 5.13. The van der Waals surface area contributed by atoms with E-state index in [2.05, 4.69) is 42.8 Å². The molecular formula is C30H37N5O3. The number of hydrazine groups is 1. The summed E-state index contributed by atoms with van der Waals surface area (Å²) in [6.45, 7) is 10.4. The molecule has 1 amide bonds. The second-order valence-corrected chi connectivity index (χ2v) is 9.63. The van der Waals surface area contributed by atoms with Crippen molar-refractivity contribution in [2.24, 2.45) is 0 Å². The third kappa shape index (κ3) is 6.50. The molecule has 4 rings (SSSR count). The van der Waals surface area contributed by atoms with E-state index in [1.54, 1.807) is 13.0 Å². The number of rotatable bonds is 9. The number of nitrogens with one attached hydrogen (secondary N) is 2. The zero-order valence-electron chi connectivity index (χ0n) is 22.7. The van der Waals surface area contributed by atoms with Crippen molar-refractivity contribution in [2.45, 2.75) is 47.0 Å². The number of ether oxygens (including phenoxy) is 1. The molecule has 1 fully saturated rings. The van der Waals surface area contributed by atoms with Crippen LogP contribution in [0.1, 0.15) is 53.4 Å². The average Bonchev–Trinajstić information content (AvgIpc) is 3.24. The molecule has 2 aromatic carbocycles. The van der Waals surface area contributed by atoms with E-state index in [1.807, 2.05) is 40.9 Å². The number of piperidine rings is 1. The molecule has 200 valence electrons. The maximum atomic E-state index is 13.4. The van der Waals surface area contributed by atoms with Crippen LogP contribution in [0.3, 0.4) is 0 Å². The average molecular weight is 516 g/mol. The minimum atomic E-state index is -0.355. The highest BCUT2D eigenvalue weighted by Gasteiger charge is 2.24. The maximum Gasteiger partial charge on any atom is 0.330 e. The van der Waals surface area contributed by atoms with Gasteiger partial charge in [-0.3, -0.25) is 10.2 Å². The molecule has 8 nitrogen and oxygen atoms in total. The molecule has 0 radical (unpaired) electrons. The van der Waals surface area contributed by atoms with Crippen LogP contribution in [0, 0.1) is 20.8 Å². The lowest BCUT2D eigenvalue weighted by atomic mass is 10.0. The first-order valence-corrected chi connectivity index (χ1v) is 13.3. The summed E-state index contributed by atoms with van der Waals surface area (Å²) in [6.07, 6.45) is 6.51. The van der Waals surface area contributed by atoms with Gasteiger partial charge in [0.15, 0.2) is 5.69 Å².